The van der Waals surface area contributed by atoms with Crippen molar-refractivity contribution in [2.24, 2.45) is 10.7 Å². The molecule has 0 bridgehead atoms. The number of hydrogen-bond donors (Lipinski definition) is 2. The number of benzene rings is 1. The van der Waals surface area contributed by atoms with Crippen LogP contribution in [0.3, 0.4) is 0 Å². The predicted octanol–water partition coefficient (Wildman–Crippen LogP) is 2.09. The number of amidine groups is 1. The van der Waals surface area contributed by atoms with E-state index in [1.165, 1.54) is 0 Å². The number of carbonyl (C=O) groups excluding carboxylic acids is 1. The van der Waals surface area contributed by atoms with E-state index in [4.69, 9.17) is 15.5 Å². The van der Waals surface area contributed by atoms with Gasteiger partial charge in [0.25, 0.3) is 5.56 Å². The van der Waals surface area contributed by atoms with Crippen molar-refractivity contribution in [3.8, 4) is 11.4 Å². The van der Waals surface area contributed by atoms with E-state index in [9.17, 15) is 14.7 Å². The number of aliphatic hydroxyl groups is 1. The van der Waals surface area contributed by atoms with Crippen molar-refractivity contribution in [2.45, 2.75) is 39.0 Å². The van der Waals surface area contributed by atoms with Gasteiger partial charge >= 0.3 is 5.97 Å². The molecule has 3 N–H and O–H groups in total. The molecule has 1 unspecified atom stereocenters. The van der Waals surface area contributed by atoms with Crippen molar-refractivity contribution < 1.29 is 14.6 Å². The monoisotopic (exact) mass is 404 g/mol. The van der Waals surface area contributed by atoms with Gasteiger partial charge in [-0.25, -0.2) is 14.8 Å². The average Bonchev–Trinajstić information content (AvgIpc) is 3.07. The molecular formula is C22H20N4O4. The highest BCUT2D eigenvalue weighted by atomic mass is 16.6. The summed E-state index contributed by atoms with van der Waals surface area (Å²) in [6, 6.07) is 9.29. The number of nitrogens with zero attached hydrogens (tertiary/aromatic N) is 3. The van der Waals surface area contributed by atoms with Gasteiger partial charge in [-0.1, -0.05) is 6.92 Å². The van der Waals surface area contributed by atoms with Gasteiger partial charge in [0, 0.05) is 16.5 Å². The number of pyridine rings is 2. The highest BCUT2D eigenvalue weighted by Gasteiger charge is 2.45. The average molecular weight is 404 g/mol. The molecule has 0 saturated heterocycles. The number of cyclic esters (lactones) is 1. The largest absolute Gasteiger partial charge is 0.458 e. The van der Waals surface area contributed by atoms with Gasteiger partial charge in [0.1, 0.15) is 6.61 Å². The minimum Gasteiger partial charge on any atom is -0.458 e. The minimum absolute atomic E-state index is 0.115. The summed E-state index contributed by atoms with van der Waals surface area (Å²) in [7, 11) is 0. The minimum atomic E-state index is -1.82. The second-order valence-electron chi connectivity index (χ2n) is 7.73. The fourth-order valence-corrected chi connectivity index (χ4v) is 4.25. The number of ether oxygens (including phenoxy) is 1. The molecule has 3 aromatic rings. The number of hydrogen-bond acceptors (Lipinski definition) is 6. The maximum Gasteiger partial charge on any atom is 0.343 e. The summed E-state index contributed by atoms with van der Waals surface area (Å²) in [5.41, 5.74) is 7.86. The number of rotatable bonds is 2. The molecule has 0 spiro atoms. The summed E-state index contributed by atoms with van der Waals surface area (Å²) in [5, 5.41) is 11.8. The lowest BCUT2D eigenvalue weighted by Gasteiger charge is -2.31. The molecule has 0 fully saturated rings. The predicted molar refractivity (Wildman–Crippen MR) is 111 cm³/mol. The van der Waals surface area contributed by atoms with Crippen LogP contribution in [-0.2, 0) is 28.3 Å². The third kappa shape index (κ3) is 2.50. The van der Waals surface area contributed by atoms with Gasteiger partial charge in [-0.15, -0.1) is 0 Å². The van der Waals surface area contributed by atoms with Crippen LogP contribution in [0.1, 0.15) is 37.0 Å². The van der Waals surface area contributed by atoms with E-state index in [0.717, 1.165) is 22.2 Å². The molecule has 1 atom stereocenters. The molecule has 1 aromatic carbocycles. The summed E-state index contributed by atoms with van der Waals surface area (Å²) in [5.74, 6) is -0.261. The van der Waals surface area contributed by atoms with Crippen LogP contribution < -0.4 is 11.3 Å². The van der Waals surface area contributed by atoms with Crippen LogP contribution in [0.15, 0.2) is 40.1 Å². The van der Waals surface area contributed by atoms with Gasteiger partial charge in [0.15, 0.2) is 5.60 Å². The molecule has 5 rings (SSSR count). The van der Waals surface area contributed by atoms with E-state index < -0.39 is 11.6 Å². The zero-order valence-corrected chi connectivity index (χ0v) is 16.6. The SMILES string of the molecule is CCC1(O)C(=O)OCc2c1cc1n(c2=O)Cc2cc3cc(N=C(C)N)ccc3nc2-1. The molecule has 152 valence electrons. The van der Waals surface area contributed by atoms with Crippen molar-refractivity contribution in [3.63, 3.8) is 0 Å². The Morgan fingerprint density at radius 2 is 2.13 bits per heavy atom. The molecule has 8 nitrogen and oxygen atoms in total. The third-order valence-electron chi connectivity index (χ3n) is 5.80. The van der Waals surface area contributed by atoms with Crippen molar-refractivity contribution in [1.29, 1.82) is 0 Å². The first-order valence-electron chi connectivity index (χ1n) is 9.73. The van der Waals surface area contributed by atoms with Crippen molar-refractivity contribution >= 4 is 28.4 Å². The first-order valence-corrected chi connectivity index (χ1v) is 9.73. The molecule has 0 radical (unpaired) electrons. The maximum absolute atomic E-state index is 13.2. The van der Waals surface area contributed by atoms with E-state index in [1.807, 2.05) is 24.3 Å². The first-order chi connectivity index (χ1) is 14.3. The van der Waals surface area contributed by atoms with E-state index >= 15 is 0 Å². The van der Waals surface area contributed by atoms with Crippen LogP contribution in [0.4, 0.5) is 5.69 Å². The lowest BCUT2D eigenvalue weighted by Crippen LogP contribution is -2.44. The molecular weight excluding hydrogens is 384 g/mol. The number of nitrogens with two attached hydrogens (primary N) is 1. The Morgan fingerprint density at radius 3 is 2.87 bits per heavy atom. The molecule has 2 aliphatic heterocycles. The Kier molecular flexibility index (Phi) is 3.85. The lowest BCUT2D eigenvalue weighted by molar-refractivity contribution is -0.172. The van der Waals surface area contributed by atoms with Gasteiger partial charge in [-0.2, -0.15) is 0 Å². The molecule has 0 amide bonds. The Labute approximate surface area is 171 Å². The second-order valence-corrected chi connectivity index (χ2v) is 7.73. The maximum atomic E-state index is 13.2. The summed E-state index contributed by atoms with van der Waals surface area (Å²) in [6.45, 7) is 3.63. The van der Waals surface area contributed by atoms with Crippen LogP contribution in [-0.4, -0.2) is 26.5 Å². The van der Waals surface area contributed by atoms with Gasteiger partial charge in [0.2, 0.25) is 0 Å². The normalized spacial score (nSPS) is 20.0. The Hall–Kier alpha value is -3.52. The van der Waals surface area contributed by atoms with Gasteiger partial charge in [-0.05, 0) is 43.7 Å². The number of fused-ring (bicyclic) bond motifs is 5. The molecule has 4 heterocycles. The smallest absolute Gasteiger partial charge is 0.343 e. The van der Waals surface area contributed by atoms with Crippen LogP contribution in [0.2, 0.25) is 0 Å². The van der Waals surface area contributed by atoms with Gasteiger partial charge in [0.05, 0.1) is 40.5 Å². The van der Waals surface area contributed by atoms with Crippen LogP contribution in [0.25, 0.3) is 22.3 Å². The molecule has 0 saturated carbocycles. The first kappa shape index (κ1) is 18.5. The number of aliphatic imine (C=N–C) groups is 1. The van der Waals surface area contributed by atoms with Crippen LogP contribution >= 0.6 is 0 Å². The zero-order chi connectivity index (χ0) is 21.2. The fraction of sp³-hybridized carbons (Fsp3) is 0.273. The van der Waals surface area contributed by atoms with Crippen molar-refractivity contribution in [2.75, 3.05) is 0 Å². The van der Waals surface area contributed by atoms with Gasteiger partial charge < -0.3 is 20.1 Å². The Morgan fingerprint density at radius 1 is 1.33 bits per heavy atom. The lowest BCUT2D eigenvalue weighted by atomic mass is 9.86. The zero-order valence-electron chi connectivity index (χ0n) is 16.6. The highest BCUT2D eigenvalue weighted by Crippen LogP contribution is 2.38. The fourth-order valence-electron chi connectivity index (χ4n) is 4.25. The standard InChI is InChI=1S/C22H20N4O4/c1-3-22(29)16-8-18-19-13(9-26(18)20(27)15(16)10-30-21(22)28)6-12-7-14(24-11(2)23)4-5-17(12)25-19/h4-8,29H,3,9-10H2,1-2H3,(H2,23,24). The van der Waals surface area contributed by atoms with E-state index in [2.05, 4.69) is 4.99 Å². The van der Waals surface area contributed by atoms with Crippen LogP contribution in [0.5, 0.6) is 0 Å². The van der Waals surface area contributed by atoms with E-state index in [0.29, 0.717) is 34.9 Å². The van der Waals surface area contributed by atoms with Crippen LogP contribution in [0, 0.1) is 0 Å². The Bertz CT molecular complexity index is 1340. The van der Waals surface area contributed by atoms with Gasteiger partial charge in [-0.3, -0.25) is 4.79 Å². The molecule has 2 aliphatic rings. The molecule has 0 aliphatic carbocycles. The summed E-state index contributed by atoms with van der Waals surface area (Å²) >= 11 is 0. The number of aromatic nitrogens is 2. The summed E-state index contributed by atoms with van der Waals surface area (Å²) in [4.78, 5) is 34.4. The molecule has 8 heteroatoms. The second kappa shape index (κ2) is 6.24. The number of esters is 1. The van der Waals surface area contributed by atoms with Crippen molar-refractivity contribution in [3.05, 3.63) is 57.4 Å². The van der Waals surface area contributed by atoms with E-state index in [1.54, 1.807) is 24.5 Å². The molecule has 2 aromatic heterocycles. The third-order valence-corrected chi connectivity index (χ3v) is 5.80. The Balaban J connectivity index is 1.72. The molecule has 30 heavy (non-hydrogen) atoms. The summed E-state index contributed by atoms with van der Waals surface area (Å²) in [6.07, 6.45) is 0.115. The highest BCUT2D eigenvalue weighted by molar-refractivity contribution is 5.89. The van der Waals surface area contributed by atoms with Crippen molar-refractivity contribution in [1.82, 2.24) is 9.55 Å². The van der Waals surface area contributed by atoms with E-state index in [-0.39, 0.29) is 18.6 Å². The number of carbonyl (C=O) groups is 1. The summed E-state index contributed by atoms with van der Waals surface area (Å²) < 4.78 is 6.71. The quantitative estimate of drug-likeness (QED) is 0.300. The topological polar surface area (TPSA) is 120 Å².